The Morgan fingerprint density at radius 1 is 1.18 bits per heavy atom. The topological polar surface area (TPSA) is 26.3 Å². The average molecular weight is 239 g/mol. The molecule has 0 saturated heterocycles. The first-order valence-corrected chi connectivity index (χ1v) is 7.22. The van der Waals surface area contributed by atoms with Crippen LogP contribution in [-0.2, 0) is 9.53 Å². The third-order valence-electron chi connectivity index (χ3n) is 3.75. The molecule has 0 aromatic rings. The molecule has 0 spiro atoms. The molecule has 1 aliphatic rings. The zero-order chi connectivity index (χ0) is 12.5. The molecule has 2 nitrogen and oxygen atoms in total. The highest BCUT2D eigenvalue weighted by molar-refractivity contribution is 5.69. The van der Waals surface area contributed by atoms with Crippen molar-refractivity contribution < 1.29 is 9.53 Å². The predicted molar refractivity (Wildman–Crippen MR) is 70.6 cm³/mol. The van der Waals surface area contributed by atoms with Gasteiger partial charge in [0.2, 0.25) is 0 Å². The molecule has 1 aliphatic carbocycles. The van der Waals surface area contributed by atoms with Crippen molar-refractivity contribution in [3.05, 3.63) is 5.92 Å². The van der Waals surface area contributed by atoms with E-state index in [1.807, 2.05) is 0 Å². The van der Waals surface area contributed by atoms with Crippen LogP contribution in [0.1, 0.15) is 71.6 Å². The summed E-state index contributed by atoms with van der Waals surface area (Å²) < 4.78 is 5.33. The van der Waals surface area contributed by atoms with E-state index >= 15 is 0 Å². The summed E-state index contributed by atoms with van der Waals surface area (Å²) in [6.07, 6.45) is 10.5. The van der Waals surface area contributed by atoms with E-state index in [1.165, 1.54) is 38.0 Å². The molecular weight excluding hydrogens is 212 g/mol. The normalized spacial score (nSPS) is 17.4. The number of esters is 1. The summed E-state index contributed by atoms with van der Waals surface area (Å²) >= 11 is 0. The molecule has 0 heterocycles. The van der Waals surface area contributed by atoms with E-state index < -0.39 is 0 Å². The minimum atomic E-state index is -0.0198. The number of carbonyl (C=O) groups is 1. The molecule has 0 aromatic carbocycles. The van der Waals surface area contributed by atoms with Crippen LogP contribution >= 0.6 is 0 Å². The highest BCUT2D eigenvalue weighted by atomic mass is 16.5. The quantitative estimate of drug-likeness (QED) is 0.489. The molecule has 1 radical (unpaired) electrons. The van der Waals surface area contributed by atoms with Crippen LogP contribution < -0.4 is 0 Å². The Balaban J connectivity index is 2.09. The zero-order valence-corrected chi connectivity index (χ0v) is 11.5. The maximum atomic E-state index is 11.5. The van der Waals surface area contributed by atoms with Crippen LogP contribution in [0.2, 0.25) is 0 Å². The Labute approximate surface area is 106 Å². The lowest BCUT2D eigenvalue weighted by Gasteiger charge is -2.26. The second-order valence-electron chi connectivity index (χ2n) is 5.30. The van der Waals surface area contributed by atoms with Crippen molar-refractivity contribution in [3.8, 4) is 0 Å². The summed E-state index contributed by atoms with van der Waals surface area (Å²) in [5, 5.41) is 0. The SMILES string of the molecule is CCCCCC(=O)OC[C](C)C1CCCCC1. The van der Waals surface area contributed by atoms with Crippen LogP contribution in [0.15, 0.2) is 0 Å². The van der Waals surface area contributed by atoms with Crippen LogP contribution in [0.25, 0.3) is 0 Å². The van der Waals surface area contributed by atoms with Gasteiger partial charge in [-0.25, -0.2) is 0 Å². The molecule has 17 heavy (non-hydrogen) atoms. The second-order valence-corrected chi connectivity index (χ2v) is 5.30. The lowest BCUT2D eigenvalue weighted by molar-refractivity contribution is -0.143. The third kappa shape index (κ3) is 6.09. The van der Waals surface area contributed by atoms with Crippen molar-refractivity contribution in [2.75, 3.05) is 6.61 Å². The van der Waals surface area contributed by atoms with Gasteiger partial charge in [0.25, 0.3) is 0 Å². The Morgan fingerprint density at radius 3 is 2.53 bits per heavy atom. The van der Waals surface area contributed by atoms with Gasteiger partial charge in [-0.1, -0.05) is 46.0 Å². The number of rotatable bonds is 7. The Morgan fingerprint density at radius 2 is 1.88 bits per heavy atom. The molecule has 0 unspecified atom stereocenters. The summed E-state index contributed by atoms with van der Waals surface area (Å²) in [4.78, 5) is 11.5. The van der Waals surface area contributed by atoms with E-state index in [2.05, 4.69) is 13.8 Å². The summed E-state index contributed by atoms with van der Waals surface area (Å²) in [5.41, 5.74) is 0. The smallest absolute Gasteiger partial charge is 0.305 e. The number of carbonyl (C=O) groups excluding carboxylic acids is 1. The first-order valence-electron chi connectivity index (χ1n) is 7.22. The molecule has 0 aliphatic heterocycles. The van der Waals surface area contributed by atoms with Gasteiger partial charge in [-0.05, 0) is 25.2 Å². The van der Waals surface area contributed by atoms with E-state index in [-0.39, 0.29) is 5.97 Å². The fraction of sp³-hybridized carbons (Fsp3) is 0.867. The first kappa shape index (κ1) is 14.5. The van der Waals surface area contributed by atoms with Crippen LogP contribution in [0.4, 0.5) is 0 Å². The van der Waals surface area contributed by atoms with Crippen molar-refractivity contribution in [1.29, 1.82) is 0 Å². The molecular formula is C15H27O2. The zero-order valence-electron chi connectivity index (χ0n) is 11.5. The van der Waals surface area contributed by atoms with E-state index in [0.29, 0.717) is 18.9 Å². The molecule has 2 heteroatoms. The van der Waals surface area contributed by atoms with Crippen LogP contribution in [-0.4, -0.2) is 12.6 Å². The van der Waals surface area contributed by atoms with E-state index in [4.69, 9.17) is 4.74 Å². The van der Waals surface area contributed by atoms with E-state index in [1.54, 1.807) is 0 Å². The van der Waals surface area contributed by atoms with E-state index in [9.17, 15) is 4.79 Å². The minimum Gasteiger partial charge on any atom is -0.465 e. The van der Waals surface area contributed by atoms with Crippen LogP contribution in [0, 0.1) is 11.8 Å². The van der Waals surface area contributed by atoms with Gasteiger partial charge in [-0.15, -0.1) is 0 Å². The second kappa shape index (κ2) is 8.54. The summed E-state index contributed by atoms with van der Waals surface area (Å²) in [6, 6.07) is 0. The van der Waals surface area contributed by atoms with Crippen LogP contribution in [0.5, 0.6) is 0 Å². The highest BCUT2D eigenvalue weighted by Gasteiger charge is 2.21. The third-order valence-corrected chi connectivity index (χ3v) is 3.75. The lowest BCUT2D eigenvalue weighted by Crippen LogP contribution is -2.20. The number of hydrogen-bond acceptors (Lipinski definition) is 2. The Kier molecular flexibility index (Phi) is 7.30. The molecule has 0 N–H and O–H groups in total. The fourth-order valence-electron chi connectivity index (χ4n) is 2.50. The van der Waals surface area contributed by atoms with Crippen molar-refractivity contribution in [3.63, 3.8) is 0 Å². The summed E-state index contributed by atoms with van der Waals surface area (Å²) in [5.74, 6) is 2.05. The average Bonchev–Trinajstić information content (AvgIpc) is 2.37. The maximum absolute atomic E-state index is 11.5. The molecule has 1 rings (SSSR count). The number of hydrogen-bond donors (Lipinski definition) is 0. The summed E-state index contributed by atoms with van der Waals surface area (Å²) in [7, 11) is 0. The van der Waals surface area contributed by atoms with Crippen molar-refractivity contribution >= 4 is 5.97 Å². The van der Waals surface area contributed by atoms with Gasteiger partial charge in [-0.2, -0.15) is 0 Å². The van der Waals surface area contributed by atoms with Gasteiger partial charge in [-0.3, -0.25) is 4.79 Å². The van der Waals surface area contributed by atoms with Crippen LogP contribution in [0.3, 0.4) is 0 Å². The van der Waals surface area contributed by atoms with E-state index in [0.717, 1.165) is 19.3 Å². The molecule has 99 valence electrons. The Bertz CT molecular complexity index is 207. The molecule has 0 bridgehead atoms. The first-order chi connectivity index (χ1) is 8.24. The van der Waals surface area contributed by atoms with Gasteiger partial charge in [0.1, 0.15) is 0 Å². The van der Waals surface area contributed by atoms with Crippen molar-refractivity contribution in [1.82, 2.24) is 0 Å². The fourth-order valence-corrected chi connectivity index (χ4v) is 2.50. The van der Waals surface area contributed by atoms with Gasteiger partial charge in [0, 0.05) is 12.3 Å². The van der Waals surface area contributed by atoms with Crippen molar-refractivity contribution in [2.24, 2.45) is 5.92 Å². The molecule has 0 atom stereocenters. The standard InChI is InChI=1S/C15H27O2/c1-3-4-6-11-15(16)17-12-13(2)14-9-7-5-8-10-14/h14H,3-12H2,1-2H3. The van der Waals surface area contributed by atoms with Gasteiger partial charge >= 0.3 is 5.97 Å². The largest absolute Gasteiger partial charge is 0.465 e. The maximum Gasteiger partial charge on any atom is 0.305 e. The molecule has 1 saturated carbocycles. The predicted octanol–water partition coefficient (Wildman–Crippen LogP) is 4.28. The highest BCUT2D eigenvalue weighted by Crippen LogP contribution is 2.31. The Hall–Kier alpha value is -0.530. The minimum absolute atomic E-state index is 0.0198. The molecule has 0 amide bonds. The van der Waals surface area contributed by atoms with Gasteiger partial charge < -0.3 is 4.74 Å². The van der Waals surface area contributed by atoms with Gasteiger partial charge in [0.05, 0.1) is 6.61 Å². The monoisotopic (exact) mass is 239 g/mol. The number of unbranched alkanes of at least 4 members (excludes halogenated alkanes) is 2. The summed E-state index contributed by atoms with van der Waals surface area (Å²) in [6.45, 7) is 4.84. The lowest BCUT2D eigenvalue weighted by atomic mass is 9.81. The molecule has 1 fully saturated rings. The van der Waals surface area contributed by atoms with Gasteiger partial charge in [0.15, 0.2) is 0 Å². The molecule has 0 aromatic heterocycles. The number of ether oxygens (including phenoxy) is 1. The van der Waals surface area contributed by atoms with Crippen molar-refractivity contribution in [2.45, 2.75) is 71.6 Å².